The van der Waals surface area contributed by atoms with Gasteiger partial charge in [-0.05, 0) is 13.3 Å². The molecule has 0 spiro atoms. The summed E-state index contributed by atoms with van der Waals surface area (Å²) in [4.78, 5) is 0. The molecule has 0 rings (SSSR count). The van der Waals surface area contributed by atoms with E-state index < -0.39 is 12.2 Å². The Morgan fingerprint density at radius 1 is 1.36 bits per heavy atom. The molecule has 0 amide bonds. The molecule has 2 nitrogen and oxygen atoms in total. The van der Waals surface area contributed by atoms with E-state index in [9.17, 15) is 0 Å². The highest BCUT2D eigenvalue weighted by Crippen LogP contribution is 1.98. The van der Waals surface area contributed by atoms with Gasteiger partial charge < -0.3 is 10.2 Å². The van der Waals surface area contributed by atoms with Crippen LogP contribution in [0, 0.1) is 0 Å². The van der Waals surface area contributed by atoms with Crippen molar-refractivity contribution in [3.8, 4) is 0 Å². The molecule has 0 aliphatic carbocycles. The van der Waals surface area contributed by atoms with E-state index >= 15 is 0 Å². The molecule has 0 aliphatic heterocycles. The van der Waals surface area contributed by atoms with Crippen molar-refractivity contribution in [1.82, 2.24) is 0 Å². The number of hydrogen-bond acceptors (Lipinski definition) is 2. The molecular weight excluding hydrogens is 140 g/mol. The Bertz CT molecular complexity index is 108. The van der Waals surface area contributed by atoms with Crippen LogP contribution in [-0.4, -0.2) is 22.4 Å². The van der Waals surface area contributed by atoms with Crippen molar-refractivity contribution in [2.75, 3.05) is 0 Å². The number of rotatable bonds is 5. The van der Waals surface area contributed by atoms with Crippen molar-refractivity contribution in [2.45, 2.75) is 45.3 Å². The lowest BCUT2D eigenvalue weighted by atomic mass is 10.2. The zero-order valence-corrected chi connectivity index (χ0v) is 7.33. The van der Waals surface area contributed by atoms with Crippen LogP contribution in [0.3, 0.4) is 0 Å². The van der Waals surface area contributed by atoms with E-state index in [4.69, 9.17) is 10.2 Å². The molecule has 66 valence electrons. The largest absolute Gasteiger partial charge is 0.390 e. The highest BCUT2D eigenvalue weighted by molar-refractivity contribution is 4.90. The Kier molecular flexibility index (Phi) is 6.18. The third kappa shape index (κ3) is 6.07. The number of hydrogen-bond donors (Lipinski definition) is 2. The Morgan fingerprint density at radius 2 is 2.00 bits per heavy atom. The first-order valence-corrected chi connectivity index (χ1v) is 4.21. The number of allylic oxidation sites excluding steroid dienone is 1. The van der Waals surface area contributed by atoms with Gasteiger partial charge in [-0.15, -0.1) is 0 Å². The summed E-state index contributed by atoms with van der Waals surface area (Å²) in [5.41, 5.74) is 0. The average molecular weight is 158 g/mol. The minimum Gasteiger partial charge on any atom is -0.390 e. The minimum atomic E-state index is -0.702. The first kappa shape index (κ1) is 10.7. The molecule has 2 N–H and O–H groups in total. The third-order valence-electron chi connectivity index (χ3n) is 1.55. The van der Waals surface area contributed by atoms with Crippen LogP contribution in [0.5, 0.6) is 0 Å². The fraction of sp³-hybridized carbons (Fsp3) is 0.778. The minimum absolute atomic E-state index is 0.659. The number of unbranched alkanes of at least 4 members (excludes halogenated alkanes) is 2. The van der Waals surface area contributed by atoms with E-state index in [1.165, 1.54) is 0 Å². The monoisotopic (exact) mass is 158 g/mol. The zero-order valence-electron chi connectivity index (χ0n) is 7.33. The SMILES string of the molecule is CCCC/C=C/[C@H](O)[C@H](C)O. The van der Waals surface area contributed by atoms with Crippen molar-refractivity contribution in [2.24, 2.45) is 0 Å². The van der Waals surface area contributed by atoms with Gasteiger partial charge in [0.05, 0.1) is 12.2 Å². The summed E-state index contributed by atoms with van der Waals surface area (Å²) in [6.07, 6.45) is 5.50. The van der Waals surface area contributed by atoms with E-state index in [0.717, 1.165) is 19.3 Å². The van der Waals surface area contributed by atoms with Crippen molar-refractivity contribution in [1.29, 1.82) is 0 Å². The fourth-order valence-corrected chi connectivity index (χ4v) is 0.718. The van der Waals surface area contributed by atoms with Crippen LogP contribution >= 0.6 is 0 Å². The van der Waals surface area contributed by atoms with E-state index in [2.05, 4.69) is 6.92 Å². The maximum absolute atomic E-state index is 9.09. The highest BCUT2D eigenvalue weighted by Gasteiger charge is 2.04. The van der Waals surface area contributed by atoms with Crippen molar-refractivity contribution in [3.05, 3.63) is 12.2 Å². The Balaban J connectivity index is 3.40. The van der Waals surface area contributed by atoms with Crippen molar-refractivity contribution in [3.63, 3.8) is 0 Å². The molecular formula is C9H18O2. The molecule has 0 radical (unpaired) electrons. The van der Waals surface area contributed by atoms with Gasteiger partial charge in [-0.25, -0.2) is 0 Å². The first-order valence-electron chi connectivity index (χ1n) is 4.21. The maximum atomic E-state index is 9.09. The molecule has 0 fully saturated rings. The third-order valence-corrected chi connectivity index (χ3v) is 1.55. The van der Waals surface area contributed by atoms with Gasteiger partial charge in [0.1, 0.15) is 0 Å². The smallest absolute Gasteiger partial charge is 0.0977 e. The number of aliphatic hydroxyl groups excluding tert-OH is 2. The molecule has 0 saturated carbocycles. The Hall–Kier alpha value is -0.340. The van der Waals surface area contributed by atoms with Crippen LogP contribution < -0.4 is 0 Å². The predicted octanol–water partition coefficient (Wildman–Crippen LogP) is 1.47. The maximum Gasteiger partial charge on any atom is 0.0977 e. The summed E-state index contributed by atoms with van der Waals surface area (Å²) in [7, 11) is 0. The topological polar surface area (TPSA) is 40.5 Å². The van der Waals surface area contributed by atoms with Crippen LogP contribution in [0.4, 0.5) is 0 Å². The Morgan fingerprint density at radius 3 is 2.45 bits per heavy atom. The summed E-state index contributed by atoms with van der Waals surface area (Å²) in [5, 5.41) is 18.0. The molecule has 0 aromatic rings. The standard InChI is InChI=1S/C9H18O2/c1-3-4-5-6-7-9(11)8(2)10/h6-11H,3-5H2,1-2H3/b7-6+/t8-,9-/m0/s1. The van der Waals surface area contributed by atoms with E-state index in [-0.39, 0.29) is 0 Å². The van der Waals surface area contributed by atoms with Crippen molar-refractivity contribution < 1.29 is 10.2 Å². The van der Waals surface area contributed by atoms with Gasteiger partial charge >= 0.3 is 0 Å². The molecule has 0 aromatic carbocycles. The van der Waals surface area contributed by atoms with Crippen LogP contribution in [0.1, 0.15) is 33.1 Å². The molecule has 0 aromatic heterocycles. The Labute approximate surface area is 68.6 Å². The normalized spacial score (nSPS) is 17.1. The second kappa shape index (κ2) is 6.38. The zero-order chi connectivity index (χ0) is 8.69. The molecule has 2 atom stereocenters. The molecule has 0 heterocycles. The van der Waals surface area contributed by atoms with Gasteiger partial charge in [-0.2, -0.15) is 0 Å². The second-order valence-electron chi connectivity index (χ2n) is 2.80. The van der Waals surface area contributed by atoms with Gasteiger partial charge in [-0.3, -0.25) is 0 Å². The summed E-state index contributed by atoms with van der Waals surface area (Å²) < 4.78 is 0. The lowest BCUT2D eigenvalue weighted by Gasteiger charge is -2.07. The second-order valence-corrected chi connectivity index (χ2v) is 2.80. The summed E-state index contributed by atoms with van der Waals surface area (Å²) in [5.74, 6) is 0. The van der Waals surface area contributed by atoms with Crippen LogP contribution in [0.15, 0.2) is 12.2 Å². The van der Waals surface area contributed by atoms with Gasteiger partial charge in [0.25, 0.3) is 0 Å². The van der Waals surface area contributed by atoms with E-state index in [1.54, 1.807) is 13.0 Å². The lowest BCUT2D eigenvalue weighted by molar-refractivity contribution is 0.0617. The fourth-order valence-electron chi connectivity index (χ4n) is 0.718. The number of aliphatic hydroxyl groups is 2. The molecule has 11 heavy (non-hydrogen) atoms. The van der Waals surface area contributed by atoms with E-state index in [0.29, 0.717) is 0 Å². The van der Waals surface area contributed by atoms with Gasteiger partial charge in [0.15, 0.2) is 0 Å². The average Bonchev–Trinajstić information content (AvgIpc) is 1.97. The summed E-state index contributed by atoms with van der Waals surface area (Å²) in [6.45, 7) is 3.70. The van der Waals surface area contributed by atoms with Gasteiger partial charge in [-0.1, -0.05) is 31.9 Å². The van der Waals surface area contributed by atoms with Crippen LogP contribution in [0.25, 0.3) is 0 Å². The van der Waals surface area contributed by atoms with E-state index in [1.807, 2.05) is 6.08 Å². The predicted molar refractivity (Wildman–Crippen MR) is 46.4 cm³/mol. The summed E-state index contributed by atoms with van der Waals surface area (Å²) >= 11 is 0. The van der Waals surface area contributed by atoms with Crippen molar-refractivity contribution >= 4 is 0 Å². The van der Waals surface area contributed by atoms with Gasteiger partial charge in [0.2, 0.25) is 0 Å². The molecule has 0 bridgehead atoms. The highest BCUT2D eigenvalue weighted by atomic mass is 16.3. The molecule has 0 unspecified atom stereocenters. The quantitative estimate of drug-likeness (QED) is 0.470. The first-order chi connectivity index (χ1) is 5.18. The lowest BCUT2D eigenvalue weighted by Crippen LogP contribution is -2.19. The summed E-state index contributed by atoms with van der Waals surface area (Å²) in [6, 6.07) is 0. The van der Waals surface area contributed by atoms with Gasteiger partial charge in [0, 0.05) is 0 Å². The van der Waals surface area contributed by atoms with Crippen LogP contribution in [0.2, 0.25) is 0 Å². The van der Waals surface area contributed by atoms with Crippen LogP contribution in [-0.2, 0) is 0 Å². The molecule has 2 heteroatoms. The molecule has 0 saturated heterocycles. The molecule has 0 aliphatic rings.